The van der Waals surface area contributed by atoms with Crippen LogP contribution in [0.1, 0.15) is 25.1 Å². The second kappa shape index (κ2) is 6.12. The zero-order valence-electron chi connectivity index (χ0n) is 11.5. The van der Waals surface area contributed by atoms with Crippen molar-refractivity contribution in [3.8, 4) is 11.4 Å². The first-order valence-electron chi connectivity index (χ1n) is 6.40. The van der Waals surface area contributed by atoms with E-state index in [1.54, 1.807) is 17.4 Å². The molecular formula is C14H19N3OS. The topological polar surface area (TPSA) is 57.8 Å². The first-order chi connectivity index (χ1) is 9.06. The Hall–Kier alpha value is -1.46. The molecule has 5 heteroatoms. The summed E-state index contributed by atoms with van der Waals surface area (Å²) in [6, 6.07) is 1.55. The zero-order chi connectivity index (χ0) is 13.8. The van der Waals surface area contributed by atoms with Gasteiger partial charge in [-0.05, 0) is 30.3 Å². The second-order valence-electron chi connectivity index (χ2n) is 5.08. The van der Waals surface area contributed by atoms with Crippen LogP contribution in [0.15, 0.2) is 21.6 Å². The van der Waals surface area contributed by atoms with E-state index in [2.05, 4.69) is 34.5 Å². The Balaban J connectivity index is 2.21. The van der Waals surface area contributed by atoms with Crippen LogP contribution in [0.2, 0.25) is 0 Å². The molecule has 0 saturated heterocycles. The molecule has 0 bridgehead atoms. The van der Waals surface area contributed by atoms with Gasteiger partial charge in [0.15, 0.2) is 0 Å². The number of aryl methyl sites for hydroxylation is 1. The van der Waals surface area contributed by atoms with Gasteiger partial charge < -0.3 is 10.3 Å². The third-order valence-electron chi connectivity index (χ3n) is 2.76. The van der Waals surface area contributed by atoms with Crippen molar-refractivity contribution in [3.05, 3.63) is 38.4 Å². The molecule has 102 valence electrons. The van der Waals surface area contributed by atoms with Gasteiger partial charge in [0.05, 0.1) is 5.69 Å². The number of hydrogen-bond acceptors (Lipinski definition) is 4. The molecule has 2 heterocycles. The summed E-state index contributed by atoms with van der Waals surface area (Å²) in [6.07, 6.45) is 0. The third-order valence-corrected chi connectivity index (χ3v) is 3.63. The standard InChI is InChI=1S/C14H19N3OS/c1-9(2)5-15-6-11-4-13(18)17-14(16-11)12-8-19-7-10(12)3/h4,7-9,15H,5-6H2,1-3H3,(H,16,17,18). The number of thiophene rings is 1. The maximum atomic E-state index is 11.7. The molecule has 19 heavy (non-hydrogen) atoms. The van der Waals surface area contributed by atoms with Crippen molar-refractivity contribution in [3.63, 3.8) is 0 Å². The van der Waals surface area contributed by atoms with Crippen molar-refractivity contribution in [2.45, 2.75) is 27.3 Å². The molecule has 0 aliphatic carbocycles. The van der Waals surface area contributed by atoms with Gasteiger partial charge in [-0.3, -0.25) is 4.79 Å². The van der Waals surface area contributed by atoms with Crippen LogP contribution in [0.4, 0.5) is 0 Å². The van der Waals surface area contributed by atoms with Crippen molar-refractivity contribution in [1.82, 2.24) is 15.3 Å². The van der Waals surface area contributed by atoms with Crippen molar-refractivity contribution >= 4 is 11.3 Å². The first kappa shape index (κ1) is 14.0. The van der Waals surface area contributed by atoms with Gasteiger partial charge in [-0.25, -0.2) is 4.98 Å². The fraction of sp³-hybridized carbons (Fsp3) is 0.429. The van der Waals surface area contributed by atoms with Crippen LogP contribution in [-0.4, -0.2) is 16.5 Å². The quantitative estimate of drug-likeness (QED) is 0.883. The minimum absolute atomic E-state index is 0.100. The summed E-state index contributed by atoms with van der Waals surface area (Å²) < 4.78 is 0. The molecule has 0 aromatic carbocycles. The Labute approximate surface area is 116 Å². The molecule has 0 atom stereocenters. The predicted octanol–water partition coefficient (Wildman–Crippen LogP) is 2.55. The highest BCUT2D eigenvalue weighted by atomic mass is 32.1. The normalized spacial score (nSPS) is 11.2. The molecule has 0 radical (unpaired) electrons. The van der Waals surface area contributed by atoms with Gasteiger partial charge in [0.2, 0.25) is 0 Å². The summed E-state index contributed by atoms with van der Waals surface area (Å²) in [6.45, 7) is 7.87. The van der Waals surface area contributed by atoms with Gasteiger partial charge in [-0.2, -0.15) is 11.3 Å². The molecule has 0 aliphatic rings. The van der Waals surface area contributed by atoms with Crippen LogP contribution in [0.25, 0.3) is 11.4 Å². The molecule has 0 spiro atoms. The van der Waals surface area contributed by atoms with Crippen molar-refractivity contribution in [2.75, 3.05) is 6.54 Å². The minimum atomic E-state index is -0.100. The van der Waals surface area contributed by atoms with Gasteiger partial charge in [-0.1, -0.05) is 13.8 Å². The molecular weight excluding hydrogens is 258 g/mol. The van der Waals surface area contributed by atoms with Gasteiger partial charge in [0.25, 0.3) is 5.56 Å². The number of aromatic amines is 1. The predicted molar refractivity (Wildman–Crippen MR) is 79.5 cm³/mol. The van der Waals surface area contributed by atoms with E-state index in [1.807, 2.05) is 12.3 Å². The number of nitrogens with zero attached hydrogens (tertiary/aromatic N) is 1. The lowest BCUT2D eigenvalue weighted by molar-refractivity contribution is 0.548. The van der Waals surface area contributed by atoms with E-state index in [0.29, 0.717) is 18.3 Å². The van der Waals surface area contributed by atoms with E-state index in [0.717, 1.165) is 23.4 Å². The molecule has 4 nitrogen and oxygen atoms in total. The number of aromatic nitrogens is 2. The highest BCUT2D eigenvalue weighted by Crippen LogP contribution is 2.22. The molecule has 2 aromatic rings. The van der Waals surface area contributed by atoms with Crippen molar-refractivity contribution in [2.24, 2.45) is 5.92 Å². The van der Waals surface area contributed by atoms with Crippen LogP contribution < -0.4 is 10.9 Å². The molecule has 2 rings (SSSR count). The van der Waals surface area contributed by atoms with E-state index in [9.17, 15) is 4.79 Å². The van der Waals surface area contributed by atoms with E-state index in [-0.39, 0.29) is 5.56 Å². The van der Waals surface area contributed by atoms with Crippen LogP contribution in [0, 0.1) is 12.8 Å². The minimum Gasteiger partial charge on any atom is -0.311 e. The van der Waals surface area contributed by atoms with E-state index in [4.69, 9.17) is 0 Å². The highest BCUT2D eigenvalue weighted by molar-refractivity contribution is 7.08. The Morgan fingerprint density at radius 2 is 2.21 bits per heavy atom. The summed E-state index contributed by atoms with van der Waals surface area (Å²) in [5, 5.41) is 7.37. The number of nitrogens with one attached hydrogen (secondary N) is 2. The summed E-state index contributed by atoms with van der Waals surface area (Å²) in [5.41, 5.74) is 2.83. The molecule has 2 aromatic heterocycles. The Kier molecular flexibility index (Phi) is 4.50. The van der Waals surface area contributed by atoms with Gasteiger partial charge in [-0.15, -0.1) is 0 Å². The maximum Gasteiger partial charge on any atom is 0.251 e. The molecule has 0 aliphatic heterocycles. The molecule has 0 amide bonds. The van der Waals surface area contributed by atoms with Gasteiger partial charge in [0, 0.05) is 23.6 Å². The average Bonchev–Trinajstić information content (AvgIpc) is 2.74. The monoisotopic (exact) mass is 277 g/mol. The molecule has 0 saturated carbocycles. The summed E-state index contributed by atoms with van der Waals surface area (Å²) in [5.74, 6) is 1.24. The lowest BCUT2D eigenvalue weighted by Gasteiger charge is -2.08. The molecule has 2 N–H and O–H groups in total. The Bertz CT molecular complexity index is 601. The lowest BCUT2D eigenvalue weighted by Crippen LogP contribution is -2.21. The fourth-order valence-corrected chi connectivity index (χ4v) is 2.65. The second-order valence-corrected chi connectivity index (χ2v) is 5.82. The van der Waals surface area contributed by atoms with Crippen LogP contribution in [-0.2, 0) is 6.54 Å². The highest BCUT2D eigenvalue weighted by Gasteiger charge is 2.07. The van der Waals surface area contributed by atoms with Crippen LogP contribution >= 0.6 is 11.3 Å². The Morgan fingerprint density at radius 3 is 2.84 bits per heavy atom. The number of H-pyrrole nitrogens is 1. The average molecular weight is 277 g/mol. The summed E-state index contributed by atoms with van der Waals surface area (Å²) >= 11 is 1.62. The number of hydrogen-bond donors (Lipinski definition) is 2. The van der Waals surface area contributed by atoms with Crippen molar-refractivity contribution < 1.29 is 0 Å². The largest absolute Gasteiger partial charge is 0.311 e. The van der Waals surface area contributed by atoms with Crippen molar-refractivity contribution in [1.29, 1.82) is 0 Å². The first-order valence-corrected chi connectivity index (χ1v) is 7.34. The van der Waals surface area contributed by atoms with E-state index < -0.39 is 0 Å². The van der Waals surface area contributed by atoms with Crippen LogP contribution in [0.5, 0.6) is 0 Å². The van der Waals surface area contributed by atoms with Gasteiger partial charge in [0.1, 0.15) is 5.82 Å². The van der Waals surface area contributed by atoms with Gasteiger partial charge >= 0.3 is 0 Å². The summed E-state index contributed by atoms with van der Waals surface area (Å²) in [4.78, 5) is 19.0. The fourth-order valence-electron chi connectivity index (χ4n) is 1.82. The van der Waals surface area contributed by atoms with E-state index >= 15 is 0 Å². The van der Waals surface area contributed by atoms with E-state index in [1.165, 1.54) is 0 Å². The third kappa shape index (κ3) is 3.75. The number of rotatable bonds is 5. The van der Waals surface area contributed by atoms with Crippen LogP contribution in [0.3, 0.4) is 0 Å². The maximum absolute atomic E-state index is 11.7. The molecule has 0 fully saturated rings. The SMILES string of the molecule is Cc1cscc1-c1nc(CNCC(C)C)cc(=O)[nH]1. The smallest absolute Gasteiger partial charge is 0.251 e. The summed E-state index contributed by atoms with van der Waals surface area (Å²) in [7, 11) is 0. The zero-order valence-corrected chi connectivity index (χ0v) is 12.3. The molecule has 0 unspecified atom stereocenters. The lowest BCUT2D eigenvalue weighted by atomic mass is 10.2. The Morgan fingerprint density at radius 1 is 1.42 bits per heavy atom.